The zero-order valence-electron chi connectivity index (χ0n) is 15.7. The summed E-state index contributed by atoms with van der Waals surface area (Å²) in [6, 6.07) is 6.43. The third-order valence-corrected chi connectivity index (χ3v) is 4.02. The fraction of sp³-hybridized carbons (Fsp3) is 0.556. The van der Waals surface area contributed by atoms with Gasteiger partial charge in [-0.15, -0.1) is 11.8 Å². The molecule has 0 aliphatic heterocycles. The number of hydrogen-bond donors (Lipinski definition) is 2. The Morgan fingerprint density at radius 3 is 2.48 bits per heavy atom. The molecule has 1 aromatic rings. The first-order chi connectivity index (χ1) is 11.7. The Hall–Kier alpha value is -1.76. The Labute approximate surface area is 154 Å². The molecular weight excluding hydrogens is 339 g/mol. The maximum absolute atomic E-state index is 12.9. The van der Waals surface area contributed by atoms with Gasteiger partial charge in [-0.1, -0.05) is 0 Å². The van der Waals surface area contributed by atoms with Gasteiger partial charge in [0.05, 0.1) is 13.1 Å². The second-order valence-corrected chi connectivity index (χ2v) is 7.86. The summed E-state index contributed by atoms with van der Waals surface area (Å²) in [4.78, 5) is 19.4. The van der Waals surface area contributed by atoms with Crippen molar-refractivity contribution in [1.29, 1.82) is 0 Å². The van der Waals surface area contributed by atoms with Gasteiger partial charge in [0.25, 0.3) is 0 Å². The summed E-state index contributed by atoms with van der Waals surface area (Å²) in [6.07, 6.45) is 0. The monoisotopic (exact) mass is 368 g/mol. The number of thioether (sulfide) groups is 1. The van der Waals surface area contributed by atoms with Crippen LogP contribution in [0.15, 0.2) is 34.2 Å². The first kappa shape index (κ1) is 21.3. The van der Waals surface area contributed by atoms with Gasteiger partial charge in [0.15, 0.2) is 5.96 Å². The predicted octanol–water partition coefficient (Wildman–Crippen LogP) is 2.73. The number of carbonyl (C=O) groups is 1. The van der Waals surface area contributed by atoms with Gasteiger partial charge in [0, 0.05) is 29.8 Å². The van der Waals surface area contributed by atoms with E-state index in [1.807, 2.05) is 39.6 Å². The third-order valence-electron chi connectivity index (χ3n) is 3.03. The molecule has 0 aliphatic rings. The second-order valence-electron chi connectivity index (χ2n) is 6.69. The molecule has 0 fully saturated rings. The zero-order valence-corrected chi connectivity index (χ0v) is 16.5. The lowest BCUT2D eigenvalue weighted by Gasteiger charge is -2.25. The van der Waals surface area contributed by atoms with Crippen molar-refractivity contribution in [3.8, 4) is 0 Å². The maximum atomic E-state index is 12.9. The minimum Gasteiger partial charge on any atom is -0.357 e. The van der Waals surface area contributed by atoms with Crippen molar-refractivity contribution in [2.45, 2.75) is 38.1 Å². The molecule has 0 heterocycles. The number of nitrogens with one attached hydrogen (secondary N) is 2. The molecule has 0 radical (unpaired) electrons. The van der Waals surface area contributed by atoms with Crippen molar-refractivity contribution in [2.75, 3.05) is 32.4 Å². The molecule has 0 bridgehead atoms. The number of hydrogen-bond acceptors (Lipinski definition) is 3. The molecule has 0 unspecified atom stereocenters. The van der Waals surface area contributed by atoms with E-state index in [1.54, 1.807) is 23.9 Å². The number of rotatable bonds is 7. The van der Waals surface area contributed by atoms with Crippen LogP contribution in [0.4, 0.5) is 4.39 Å². The Morgan fingerprint density at radius 1 is 1.28 bits per heavy atom. The molecule has 0 aliphatic carbocycles. The van der Waals surface area contributed by atoms with Crippen molar-refractivity contribution in [1.82, 2.24) is 15.5 Å². The number of likely N-dealkylation sites (N-methyl/N-ethyl adjacent to an activating group) is 1. The minimum absolute atomic E-state index is 0.0405. The molecule has 1 aromatic carbocycles. The van der Waals surface area contributed by atoms with Crippen LogP contribution in [-0.4, -0.2) is 54.7 Å². The summed E-state index contributed by atoms with van der Waals surface area (Å²) in [5.74, 6) is 1.21. The Bertz CT molecular complexity index is 569. The highest BCUT2D eigenvalue weighted by Gasteiger charge is 2.16. The van der Waals surface area contributed by atoms with Gasteiger partial charge in [-0.2, -0.15) is 0 Å². The molecule has 1 rings (SSSR count). The highest BCUT2D eigenvalue weighted by molar-refractivity contribution is 7.99. The summed E-state index contributed by atoms with van der Waals surface area (Å²) in [6.45, 7) is 9.44. The molecule has 1 amide bonds. The van der Waals surface area contributed by atoms with E-state index in [2.05, 4.69) is 15.6 Å². The molecule has 140 valence electrons. The lowest BCUT2D eigenvalue weighted by Crippen LogP contribution is -2.48. The van der Waals surface area contributed by atoms with E-state index in [4.69, 9.17) is 0 Å². The van der Waals surface area contributed by atoms with Crippen LogP contribution in [0, 0.1) is 5.82 Å². The number of nitrogens with zero attached hydrogens (tertiary/aromatic N) is 2. The molecule has 25 heavy (non-hydrogen) atoms. The van der Waals surface area contributed by atoms with Crippen LogP contribution in [0.25, 0.3) is 0 Å². The fourth-order valence-corrected chi connectivity index (χ4v) is 2.81. The molecule has 0 spiro atoms. The van der Waals surface area contributed by atoms with Crippen molar-refractivity contribution in [2.24, 2.45) is 4.99 Å². The van der Waals surface area contributed by atoms with E-state index in [1.165, 1.54) is 12.1 Å². The van der Waals surface area contributed by atoms with Gasteiger partial charge in [0.1, 0.15) is 5.82 Å². The average molecular weight is 369 g/mol. The summed E-state index contributed by atoms with van der Waals surface area (Å²) in [5, 5.41) is 6.14. The van der Waals surface area contributed by atoms with E-state index in [9.17, 15) is 9.18 Å². The Kier molecular flexibility index (Phi) is 8.75. The highest BCUT2D eigenvalue weighted by atomic mass is 32.2. The van der Waals surface area contributed by atoms with Crippen molar-refractivity contribution in [3.63, 3.8) is 0 Å². The van der Waals surface area contributed by atoms with Crippen LogP contribution in [0.2, 0.25) is 0 Å². The summed E-state index contributed by atoms with van der Waals surface area (Å²) >= 11 is 1.62. The van der Waals surface area contributed by atoms with E-state index in [0.29, 0.717) is 12.5 Å². The smallest absolute Gasteiger partial charge is 0.240 e. The predicted molar refractivity (Wildman–Crippen MR) is 104 cm³/mol. The maximum Gasteiger partial charge on any atom is 0.240 e. The topological polar surface area (TPSA) is 56.7 Å². The first-order valence-corrected chi connectivity index (χ1v) is 9.38. The van der Waals surface area contributed by atoms with E-state index in [-0.39, 0.29) is 23.8 Å². The Morgan fingerprint density at radius 2 is 1.92 bits per heavy atom. The summed E-state index contributed by atoms with van der Waals surface area (Å²) < 4.78 is 12.9. The third kappa shape index (κ3) is 9.34. The molecule has 5 nitrogen and oxygen atoms in total. The van der Waals surface area contributed by atoms with Crippen LogP contribution < -0.4 is 10.6 Å². The van der Waals surface area contributed by atoms with E-state index < -0.39 is 0 Å². The van der Waals surface area contributed by atoms with E-state index >= 15 is 0 Å². The molecule has 7 heteroatoms. The van der Waals surface area contributed by atoms with Gasteiger partial charge in [0.2, 0.25) is 5.91 Å². The number of aliphatic imine (C=N–C) groups is 1. The van der Waals surface area contributed by atoms with Gasteiger partial charge >= 0.3 is 0 Å². The fourth-order valence-electron chi connectivity index (χ4n) is 2.06. The van der Waals surface area contributed by atoms with Crippen LogP contribution >= 0.6 is 11.8 Å². The molecule has 0 saturated carbocycles. The lowest BCUT2D eigenvalue weighted by molar-refractivity contribution is -0.122. The standard InChI is InChI=1S/C18H29FN4OS/c1-6-20-17(23(5)13-16(24)22-18(2,3)4)21-11-12-25-15-9-7-14(19)8-10-15/h7-10H,6,11-13H2,1-5H3,(H,20,21)(H,22,24). The molecule has 0 aromatic heterocycles. The van der Waals surface area contributed by atoms with Crippen LogP contribution in [0.1, 0.15) is 27.7 Å². The quantitative estimate of drug-likeness (QED) is 0.336. The number of halogens is 1. The van der Waals surface area contributed by atoms with E-state index in [0.717, 1.165) is 17.2 Å². The van der Waals surface area contributed by atoms with Crippen LogP contribution in [-0.2, 0) is 4.79 Å². The van der Waals surface area contributed by atoms with Gasteiger partial charge in [-0.3, -0.25) is 9.79 Å². The Balaban J connectivity index is 2.51. The van der Waals surface area contributed by atoms with Crippen LogP contribution in [0.5, 0.6) is 0 Å². The first-order valence-electron chi connectivity index (χ1n) is 8.40. The summed E-state index contributed by atoms with van der Waals surface area (Å²) in [7, 11) is 1.84. The SMILES string of the molecule is CCNC(=NCCSc1ccc(F)cc1)N(C)CC(=O)NC(C)(C)C. The van der Waals surface area contributed by atoms with Gasteiger partial charge in [-0.25, -0.2) is 4.39 Å². The normalized spacial score (nSPS) is 12.0. The molecule has 2 N–H and O–H groups in total. The summed E-state index contributed by atoms with van der Waals surface area (Å²) in [5.41, 5.74) is -0.251. The van der Waals surface area contributed by atoms with Crippen molar-refractivity contribution >= 4 is 23.6 Å². The van der Waals surface area contributed by atoms with Gasteiger partial charge < -0.3 is 15.5 Å². The zero-order chi connectivity index (χ0) is 18.9. The second kappa shape index (κ2) is 10.3. The average Bonchev–Trinajstić information content (AvgIpc) is 2.50. The number of amides is 1. The largest absolute Gasteiger partial charge is 0.357 e. The molecular formula is C18H29FN4OS. The number of benzene rings is 1. The number of carbonyl (C=O) groups excluding carboxylic acids is 1. The molecule has 0 atom stereocenters. The van der Waals surface area contributed by atoms with Crippen molar-refractivity contribution < 1.29 is 9.18 Å². The minimum atomic E-state index is -0.251. The van der Waals surface area contributed by atoms with Gasteiger partial charge in [-0.05, 0) is 52.0 Å². The van der Waals surface area contributed by atoms with Crippen molar-refractivity contribution in [3.05, 3.63) is 30.1 Å². The van der Waals surface area contributed by atoms with Crippen LogP contribution in [0.3, 0.4) is 0 Å². The lowest BCUT2D eigenvalue weighted by atomic mass is 10.1. The number of guanidine groups is 1. The molecule has 0 saturated heterocycles. The highest BCUT2D eigenvalue weighted by Crippen LogP contribution is 2.17.